The summed E-state index contributed by atoms with van der Waals surface area (Å²) >= 11 is 0. The van der Waals surface area contributed by atoms with Crippen LogP contribution in [0, 0.1) is 5.92 Å². The SMILES string of the molecule is O=C1C(NC2CC2)CCCN1CC1CCS(=O)(=O)C1. The van der Waals surface area contributed by atoms with Gasteiger partial charge in [0, 0.05) is 19.1 Å². The van der Waals surface area contributed by atoms with E-state index < -0.39 is 9.84 Å². The number of amides is 1. The predicted octanol–water partition coefficient (Wildman–Crippen LogP) is 0.164. The lowest BCUT2D eigenvalue weighted by molar-refractivity contribution is -0.136. The molecule has 2 saturated heterocycles. The zero-order valence-electron chi connectivity index (χ0n) is 11.2. The summed E-state index contributed by atoms with van der Waals surface area (Å²) in [5, 5.41) is 3.40. The first-order valence-electron chi connectivity index (χ1n) is 7.29. The topological polar surface area (TPSA) is 66.5 Å². The maximum absolute atomic E-state index is 12.4. The highest BCUT2D eigenvalue weighted by molar-refractivity contribution is 7.91. The molecule has 108 valence electrons. The fourth-order valence-electron chi connectivity index (χ4n) is 3.14. The van der Waals surface area contributed by atoms with Crippen LogP contribution in [0.3, 0.4) is 0 Å². The molecule has 0 radical (unpaired) electrons. The van der Waals surface area contributed by atoms with Crippen LogP contribution in [0.1, 0.15) is 32.1 Å². The number of sulfone groups is 1. The zero-order chi connectivity index (χ0) is 13.5. The summed E-state index contributed by atoms with van der Waals surface area (Å²) in [5.74, 6) is 0.886. The molecule has 1 saturated carbocycles. The van der Waals surface area contributed by atoms with Crippen molar-refractivity contribution in [3.05, 3.63) is 0 Å². The Hall–Kier alpha value is -0.620. The molecule has 0 spiro atoms. The normalized spacial score (nSPS) is 34.7. The van der Waals surface area contributed by atoms with Crippen molar-refractivity contribution in [1.29, 1.82) is 0 Å². The highest BCUT2D eigenvalue weighted by Crippen LogP contribution is 2.24. The molecule has 1 N–H and O–H groups in total. The molecular weight excluding hydrogens is 264 g/mol. The number of piperidine rings is 1. The van der Waals surface area contributed by atoms with Crippen LogP contribution in [-0.2, 0) is 14.6 Å². The first-order valence-corrected chi connectivity index (χ1v) is 9.11. The minimum Gasteiger partial charge on any atom is -0.341 e. The molecule has 2 atom stereocenters. The number of hydrogen-bond donors (Lipinski definition) is 1. The molecule has 5 nitrogen and oxygen atoms in total. The summed E-state index contributed by atoms with van der Waals surface area (Å²) in [4.78, 5) is 14.2. The minimum atomic E-state index is -2.84. The smallest absolute Gasteiger partial charge is 0.239 e. The first-order chi connectivity index (χ1) is 9.03. The molecular formula is C13H22N2O3S. The fourth-order valence-corrected chi connectivity index (χ4v) is 4.99. The average Bonchev–Trinajstić information content (AvgIpc) is 3.09. The Balaban J connectivity index is 1.56. The van der Waals surface area contributed by atoms with Crippen molar-refractivity contribution in [1.82, 2.24) is 10.2 Å². The van der Waals surface area contributed by atoms with Crippen molar-refractivity contribution >= 4 is 15.7 Å². The Labute approximate surface area is 114 Å². The van der Waals surface area contributed by atoms with Crippen molar-refractivity contribution in [3.8, 4) is 0 Å². The molecule has 0 aromatic heterocycles. The van der Waals surface area contributed by atoms with E-state index >= 15 is 0 Å². The lowest BCUT2D eigenvalue weighted by atomic mass is 10.0. The molecule has 1 aliphatic carbocycles. The quantitative estimate of drug-likeness (QED) is 0.800. The highest BCUT2D eigenvalue weighted by atomic mass is 32.2. The molecule has 3 rings (SSSR count). The van der Waals surface area contributed by atoms with E-state index in [9.17, 15) is 13.2 Å². The zero-order valence-corrected chi connectivity index (χ0v) is 12.0. The van der Waals surface area contributed by atoms with E-state index in [1.165, 1.54) is 12.8 Å². The molecule has 0 bridgehead atoms. The standard InChI is InChI=1S/C13H22N2O3S/c16-13-12(14-11-3-4-11)2-1-6-15(13)8-10-5-7-19(17,18)9-10/h10-12,14H,1-9H2. The molecule has 0 aromatic rings. The van der Waals surface area contributed by atoms with Gasteiger partial charge in [0.1, 0.15) is 0 Å². The predicted molar refractivity (Wildman–Crippen MR) is 72.5 cm³/mol. The van der Waals surface area contributed by atoms with E-state index in [4.69, 9.17) is 0 Å². The number of carbonyl (C=O) groups is 1. The molecule has 3 aliphatic rings. The molecule has 19 heavy (non-hydrogen) atoms. The molecule has 2 heterocycles. The van der Waals surface area contributed by atoms with Crippen molar-refractivity contribution in [2.24, 2.45) is 5.92 Å². The second-order valence-corrected chi connectivity index (χ2v) is 8.42. The van der Waals surface area contributed by atoms with E-state index in [0.29, 0.717) is 24.8 Å². The lowest BCUT2D eigenvalue weighted by Crippen LogP contribution is -2.52. The number of hydrogen-bond acceptors (Lipinski definition) is 4. The Morgan fingerprint density at radius 3 is 2.63 bits per heavy atom. The third-order valence-corrected chi connectivity index (χ3v) is 6.19. The second kappa shape index (κ2) is 5.05. The van der Waals surface area contributed by atoms with Crippen LogP contribution in [0.25, 0.3) is 0 Å². The van der Waals surface area contributed by atoms with Gasteiger partial charge in [-0.1, -0.05) is 0 Å². The first kappa shape index (κ1) is 13.4. The maximum Gasteiger partial charge on any atom is 0.239 e. The monoisotopic (exact) mass is 286 g/mol. The summed E-state index contributed by atoms with van der Waals surface area (Å²) in [6, 6.07) is 0.514. The molecule has 6 heteroatoms. The number of nitrogens with one attached hydrogen (secondary N) is 1. The van der Waals surface area contributed by atoms with Gasteiger partial charge in [-0.3, -0.25) is 4.79 Å². The van der Waals surface area contributed by atoms with Gasteiger partial charge >= 0.3 is 0 Å². The van der Waals surface area contributed by atoms with Gasteiger partial charge in [-0.15, -0.1) is 0 Å². The number of likely N-dealkylation sites (tertiary alicyclic amines) is 1. The molecule has 2 unspecified atom stereocenters. The van der Waals surface area contributed by atoms with Crippen LogP contribution in [0.2, 0.25) is 0 Å². The van der Waals surface area contributed by atoms with Gasteiger partial charge in [-0.05, 0) is 38.0 Å². The summed E-state index contributed by atoms with van der Waals surface area (Å²) < 4.78 is 22.9. The third kappa shape index (κ3) is 3.28. The summed E-state index contributed by atoms with van der Waals surface area (Å²) in [6.45, 7) is 1.42. The molecule has 1 amide bonds. The summed E-state index contributed by atoms with van der Waals surface area (Å²) in [7, 11) is -2.84. The minimum absolute atomic E-state index is 0.0285. The van der Waals surface area contributed by atoms with Gasteiger partial charge in [0.05, 0.1) is 17.5 Å². The number of nitrogens with zero attached hydrogens (tertiary/aromatic N) is 1. The fraction of sp³-hybridized carbons (Fsp3) is 0.923. The Morgan fingerprint density at radius 2 is 2.00 bits per heavy atom. The van der Waals surface area contributed by atoms with E-state index in [0.717, 1.165) is 19.4 Å². The van der Waals surface area contributed by atoms with Crippen molar-refractivity contribution in [2.75, 3.05) is 24.6 Å². The van der Waals surface area contributed by atoms with Gasteiger partial charge in [0.15, 0.2) is 9.84 Å². The van der Waals surface area contributed by atoms with Crippen LogP contribution in [0.5, 0.6) is 0 Å². The highest BCUT2D eigenvalue weighted by Gasteiger charge is 2.36. The lowest BCUT2D eigenvalue weighted by Gasteiger charge is -2.34. The Bertz CT molecular complexity index is 459. The summed E-state index contributed by atoms with van der Waals surface area (Å²) in [6.07, 6.45) is 5.03. The molecule has 2 aliphatic heterocycles. The second-order valence-electron chi connectivity index (χ2n) is 6.19. The van der Waals surface area contributed by atoms with Gasteiger partial charge in [0.25, 0.3) is 0 Å². The number of carbonyl (C=O) groups excluding carboxylic acids is 1. The van der Waals surface area contributed by atoms with E-state index in [1.54, 1.807) is 0 Å². The van der Waals surface area contributed by atoms with Gasteiger partial charge in [-0.25, -0.2) is 8.42 Å². The maximum atomic E-state index is 12.4. The molecule has 0 aromatic carbocycles. The number of rotatable bonds is 4. The van der Waals surface area contributed by atoms with Crippen LogP contribution < -0.4 is 5.32 Å². The van der Waals surface area contributed by atoms with E-state index in [-0.39, 0.29) is 23.6 Å². The van der Waals surface area contributed by atoms with Crippen molar-refractivity contribution in [3.63, 3.8) is 0 Å². The third-order valence-electron chi connectivity index (χ3n) is 4.35. The van der Waals surface area contributed by atoms with Crippen molar-refractivity contribution < 1.29 is 13.2 Å². The average molecular weight is 286 g/mol. The van der Waals surface area contributed by atoms with Gasteiger partial charge in [-0.2, -0.15) is 0 Å². The van der Waals surface area contributed by atoms with Gasteiger partial charge in [0.2, 0.25) is 5.91 Å². The van der Waals surface area contributed by atoms with E-state index in [2.05, 4.69) is 5.32 Å². The van der Waals surface area contributed by atoms with Gasteiger partial charge < -0.3 is 10.2 Å². The van der Waals surface area contributed by atoms with E-state index in [1.807, 2.05) is 4.90 Å². The van der Waals surface area contributed by atoms with Crippen molar-refractivity contribution in [2.45, 2.75) is 44.2 Å². The van der Waals surface area contributed by atoms with Crippen LogP contribution in [0.4, 0.5) is 0 Å². The summed E-state index contributed by atoms with van der Waals surface area (Å²) in [5.41, 5.74) is 0. The Morgan fingerprint density at radius 1 is 1.21 bits per heavy atom. The molecule has 3 fully saturated rings. The largest absolute Gasteiger partial charge is 0.341 e. The Kier molecular flexibility index (Phi) is 3.55. The van der Waals surface area contributed by atoms with Crippen LogP contribution in [0.15, 0.2) is 0 Å². The van der Waals surface area contributed by atoms with Crippen LogP contribution in [-0.4, -0.2) is 55.9 Å². The van der Waals surface area contributed by atoms with Crippen LogP contribution >= 0.6 is 0 Å².